The van der Waals surface area contributed by atoms with Crippen LogP contribution in [0.25, 0.3) is 0 Å². The molecule has 0 atom stereocenters. The van der Waals surface area contributed by atoms with Gasteiger partial charge in [0.2, 0.25) is 10.0 Å². The van der Waals surface area contributed by atoms with Gasteiger partial charge >= 0.3 is 0 Å². The number of hydrogen-bond donors (Lipinski definition) is 1. The van der Waals surface area contributed by atoms with Crippen molar-refractivity contribution >= 4 is 26.0 Å². The van der Waals surface area contributed by atoms with Crippen LogP contribution in [0.5, 0.6) is 11.5 Å². The Kier molecular flexibility index (Phi) is 4.12. The summed E-state index contributed by atoms with van der Waals surface area (Å²) in [6, 6.07) is 8.30. The van der Waals surface area contributed by atoms with Gasteiger partial charge in [0.05, 0.1) is 9.37 Å². The second-order valence-electron chi connectivity index (χ2n) is 4.15. The van der Waals surface area contributed by atoms with E-state index >= 15 is 0 Å². The van der Waals surface area contributed by atoms with Gasteiger partial charge in [-0.3, -0.25) is 0 Å². The van der Waals surface area contributed by atoms with E-state index in [1.807, 2.05) is 0 Å². The maximum absolute atomic E-state index is 13.2. The predicted molar refractivity (Wildman–Crippen MR) is 76.7 cm³/mol. The maximum Gasteiger partial charge on any atom is 0.238 e. The van der Waals surface area contributed by atoms with Gasteiger partial charge in [0, 0.05) is 6.07 Å². The summed E-state index contributed by atoms with van der Waals surface area (Å²) in [4.78, 5) is -0.0345. The van der Waals surface area contributed by atoms with Crippen molar-refractivity contribution < 1.29 is 17.5 Å². The fourth-order valence-electron chi connectivity index (χ4n) is 1.54. The van der Waals surface area contributed by atoms with Crippen LogP contribution in [0, 0.1) is 12.7 Å². The molecule has 0 heterocycles. The molecule has 0 amide bonds. The van der Waals surface area contributed by atoms with Gasteiger partial charge in [0.25, 0.3) is 0 Å². The minimum absolute atomic E-state index is 0.0345. The van der Waals surface area contributed by atoms with Crippen molar-refractivity contribution in [3.05, 3.63) is 52.3 Å². The summed E-state index contributed by atoms with van der Waals surface area (Å²) in [5.41, 5.74) is 0.758. The maximum atomic E-state index is 13.2. The largest absolute Gasteiger partial charge is 0.456 e. The van der Waals surface area contributed by atoms with Gasteiger partial charge in [-0.15, -0.1) is 0 Å². The Balaban J connectivity index is 2.38. The Bertz CT molecular complexity index is 762. The molecule has 106 valence electrons. The van der Waals surface area contributed by atoms with Gasteiger partial charge in [0.1, 0.15) is 17.3 Å². The highest BCUT2D eigenvalue weighted by molar-refractivity contribution is 9.10. The molecule has 0 radical (unpaired) electrons. The molecule has 0 fully saturated rings. The van der Waals surface area contributed by atoms with Crippen molar-refractivity contribution in [3.8, 4) is 11.5 Å². The van der Waals surface area contributed by atoms with Gasteiger partial charge in [0.15, 0.2) is 0 Å². The molecule has 0 bridgehead atoms. The van der Waals surface area contributed by atoms with E-state index in [1.165, 1.54) is 30.3 Å². The van der Waals surface area contributed by atoms with Crippen LogP contribution in [0.3, 0.4) is 0 Å². The third kappa shape index (κ3) is 3.36. The third-order valence-electron chi connectivity index (χ3n) is 2.60. The average molecular weight is 360 g/mol. The average Bonchev–Trinajstić information content (AvgIpc) is 2.35. The molecule has 0 aliphatic rings. The fourth-order valence-corrected chi connectivity index (χ4v) is 2.69. The minimum atomic E-state index is -3.78. The summed E-state index contributed by atoms with van der Waals surface area (Å²) in [6.07, 6.45) is 0. The number of ether oxygens (including phenoxy) is 1. The van der Waals surface area contributed by atoms with Crippen molar-refractivity contribution in [2.24, 2.45) is 5.14 Å². The van der Waals surface area contributed by atoms with E-state index in [0.717, 1.165) is 5.56 Å². The zero-order chi connectivity index (χ0) is 14.9. The molecule has 2 aromatic carbocycles. The zero-order valence-electron chi connectivity index (χ0n) is 10.4. The summed E-state index contributed by atoms with van der Waals surface area (Å²) < 4.78 is 41.6. The number of hydrogen-bond acceptors (Lipinski definition) is 3. The lowest BCUT2D eigenvalue weighted by molar-refractivity contribution is 0.469. The number of sulfonamides is 1. The van der Waals surface area contributed by atoms with Crippen LogP contribution in [0.4, 0.5) is 4.39 Å². The van der Waals surface area contributed by atoms with Crippen LogP contribution in [-0.4, -0.2) is 8.42 Å². The Labute approximate surface area is 124 Å². The van der Waals surface area contributed by atoms with Gasteiger partial charge < -0.3 is 4.74 Å². The number of halogens is 2. The van der Waals surface area contributed by atoms with Gasteiger partial charge in [-0.2, -0.15) is 0 Å². The van der Waals surface area contributed by atoms with E-state index in [0.29, 0.717) is 16.0 Å². The number of benzene rings is 2. The van der Waals surface area contributed by atoms with Crippen molar-refractivity contribution in [1.82, 2.24) is 0 Å². The molecule has 2 aromatic rings. The molecule has 20 heavy (non-hydrogen) atoms. The quantitative estimate of drug-likeness (QED) is 0.913. The Hall–Kier alpha value is -1.44. The van der Waals surface area contributed by atoms with Crippen LogP contribution in [-0.2, 0) is 10.0 Å². The van der Waals surface area contributed by atoms with Crippen LogP contribution in [0.2, 0.25) is 0 Å². The summed E-state index contributed by atoms with van der Waals surface area (Å²) in [5, 5.41) is 5.03. The monoisotopic (exact) mass is 359 g/mol. The highest BCUT2D eigenvalue weighted by Gasteiger charge is 2.12. The molecule has 0 aromatic heterocycles. The lowest BCUT2D eigenvalue weighted by Gasteiger charge is -2.11. The minimum Gasteiger partial charge on any atom is -0.456 e. The van der Waals surface area contributed by atoms with E-state index in [9.17, 15) is 12.8 Å². The highest BCUT2D eigenvalue weighted by atomic mass is 79.9. The zero-order valence-corrected chi connectivity index (χ0v) is 12.8. The van der Waals surface area contributed by atoms with Crippen LogP contribution in [0.15, 0.2) is 45.8 Å². The molecule has 2 rings (SSSR count). The number of rotatable bonds is 3. The Morgan fingerprint density at radius 3 is 2.45 bits per heavy atom. The lowest BCUT2D eigenvalue weighted by atomic mass is 10.2. The summed E-state index contributed by atoms with van der Waals surface area (Å²) in [5.74, 6) is 0.308. The highest BCUT2D eigenvalue weighted by Crippen LogP contribution is 2.33. The molecular formula is C13H11BrFNO3S. The topological polar surface area (TPSA) is 69.4 Å². The van der Waals surface area contributed by atoms with Crippen molar-refractivity contribution in [2.75, 3.05) is 0 Å². The molecule has 0 aliphatic heterocycles. The number of primary sulfonamides is 1. The SMILES string of the molecule is Cc1ccc(F)cc1Oc1ccc(S(N)(=O)=O)cc1Br. The molecule has 0 saturated carbocycles. The lowest BCUT2D eigenvalue weighted by Crippen LogP contribution is -2.11. The normalized spacial score (nSPS) is 11.4. The molecule has 0 aliphatic carbocycles. The Morgan fingerprint density at radius 1 is 1.15 bits per heavy atom. The first-order valence-corrected chi connectivity index (χ1v) is 7.87. The van der Waals surface area contributed by atoms with E-state index < -0.39 is 15.8 Å². The molecule has 7 heteroatoms. The molecule has 0 spiro atoms. The van der Waals surface area contributed by atoms with Gasteiger partial charge in [-0.1, -0.05) is 6.07 Å². The first-order chi connectivity index (χ1) is 9.27. The van der Waals surface area contributed by atoms with E-state index in [2.05, 4.69) is 15.9 Å². The predicted octanol–water partition coefficient (Wildman–Crippen LogP) is 3.34. The molecule has 0 saturated heterocycles. The fraction of sp³-hybridized carbons (Fsp3) is 0.0769. The molecule has 0 unspecified atom stereocenters. The molecule has 4 nitrogen and oxygen atoms in total. The third-order valence-corrected chi connectivity index (χ3v) is 4.13. The first-order valence-electron chi connectivity index (χ1n) is 5.54. The second kappa shape index (κ2) is 5.51. The summed E-state index contributed by atoms with van der Waals surface area (Å²) in [7, 11) is -3.78. The van der Waals surface area contributed by atoms with Crippen LogP contribution >= 0.6 is 15.9 Å². The molecule has 2 N–H and O–H groups in total. The van der Waals surface area contributed by atoms with Crippen molar-refractivity contribution in [3.63, 3.8) is 0 Å². The van der Waals surface area contributed by atoms with Crippen LogP contribution in [0.1, 0.15) is 5.56 Å². The van der Waals surface area contributed by atoms with Gasteiger partial charge in [-0.25, -0.2) is 17.9 Å². The number of nitrogens with two attached hydrogens (primary N) is 1. The van der Waals surface area contributed by atoms with Crippen LogP contribution < -0.4 is 9.88 Å². The van der Waals surface area contributed by atoms with E-state index in [-0.39, 0.29) is 4.90 Å². The summed E-state index contributed by atoms with van der Waals surface area (Å²) >= 11 is 3.20. The first kappa shape index (κ1) is 15.0. The summed E-state index contributed by atoms with van der Waals surface area (Å²) in [6.45, 7) is 1.78. The molecular weight excluding hydrogens is 349 g/mol. The standard InChI is InChI=1S/C13H11BrFNO3S/c1-8-2-3-9(15)6-13(8)19-12-5-4-10(7-11(12)14)20(16,17)18/h2-7H,1H3,(H2,16,17,18). The van der Waals surface area contributed by atoms with E-state index in [1.54, 1.807) is 13.0 Å². The second-order valence-corrected chi connectivity index (χ2v) is 6.56. The van der Waals surface area contributed by atoms with Crippen molar-refractivity contribution in [2.45, 2.75) is 11.8 Å². The van der Waals surface area contributed by atoms with Crippen molar-refractivity contribution in [1.29, 1.82) is 0 Å². The van der Waals surface area contributed by atoms with E-state index in [4.69, 9.17) is 9.88 Å². The van der Waals surface area contributed by atoms with Gasteiger partial charge in [-0.05, 0) is 52.7 Å². The number of aryl methyl sites for hydroxylation is 1. The smallest absolute Gasteiger partial charge is 0.238 e. The Morgan fingerprint density at radius 2 is 1.85 bits per heavy atom.